The van der Waals surface area contributed by atoms with E-state index in [2.05, 4.69) is 5.32 Å². The Kier molecular flexibility index (Phi) is 5.31. The molecule has 20 heavy (non-hydrogen) atoms. The molecule has 6 nitrogen and oxygen atoms in total. The summed E-state index contributed by atoms with van der Waals surface area (Å²) in [6.45, 7) is 1.81. The molecule has 0 bridgehead atoms. The van der Waals surface area contributed by atoms with Gasteiger partial charge in [0.25, 0.3) is 5.69 Å². The van der Waals surface area contributed by atoms with Crippen molar-refractivity contribution in [2.45, 2.75) is 31.9 Å². The van der Waals surface area contributed by atoms with Gasteiger partial charge in [-0.1, -0.05) is 0 Å². The third-order valence-electron chi connectivity index (χ3n) is 3.32. The first-order valence-electron chi connectivity index (χ1n) is 6.87. The molecule has 0 radical (unpaired) electrons. The van der Waals surface area contributed by atoms with Gasteiger partial charge < -0.3 is 14.8 Å². The van der Waals surface area contributed by atoms with Crippen molar-refractivity contribution < 1.29 is 14.4 Å². The SMILES string of the molecule is CNCc1cc([N+](=O)[O-])ccc1OCC1CCCCO1. The van der Waals surface area contributed by atoms with E-state index >= 15 is 0 Å². The van der Waals surface area contributed by atoms with Gasteiger partial charge in [-0.3, -0.25) is 10.1 Å². The second kappa shape index (κ2) is 7.21. The molecule has 1 fully saturated rings. The van der Waals surface area contributed by atoms with Crippen molar-refractivity contribution in [3.8, 4) is 5.75 Å². The molecule has 0 saturated carbocycles. The van der Waals surface area contributed by atoms with Crippen LogP contribution < -0.4 is 10.1 Å². The summed E-state index contributed by atoms with van der Waals surface area (Å²) < 4.78 is 11.4. The van der Waals surface area contributed by atoms with E-state index in [-0.39, 0.29) is 11.8 Å². The van der Waals surface area contributed by atoms with E-state index in [4.69, 9.17) is 9.47 Å². The van der Waals surface area contributed by atoms with Gasteiger partial charge in [-0.15, -0.1) is 0 Å². The van der Waals surface area contributed by atoms with E-state index in [0.29, 0.717) is 18.9 Å². The average molecular weight is 280 g/mol. The number of ether oxygens (including phenoxy) is 2. The highest BCUT2D eigenvalue weighted by Crippen LogP contribution is 2.25. The first-order valence-corrected chi connectivity index (χ1v) is 6.87. The van der Waals surface area contributed by atoms with Gasteiger partial charge in [0.15, 0.2) is 0 Å². The van der Waals surface area contributed by atoms with E-state index in [1.165, 1.54) is 6.07 Å². The predicted molar refractivity (Wildman–Crippen MR) is 74.9 cm³/mol. The molecule has 0 spiro atoms. The van der Waals surface area contributed by atoms with Crippen molar-refractivity contribution in [2.75, 3.05) is 20.3 Å². The van der Waals surface area contributed by atoms with Gasteiger partial charge in [0.2, 0.25) is 0 Å². The summed E-state index contributed by atoms with van der Waals surface area (Å²) in [7, 11) is 1.80. The predicted octanol–water partition coefficient (Wildman–Crippen LogP) is 2.26. The number of nitro benzene ring substituents is 1. The first-order chi connectivity index (χ1) is 9.70. The van der Waals surface area contributed by atoms with Crippen LogP contribution in [-0.4, -0.2) is 31.3 Å². The lowest BCUT2D eigenvalue weighted by Crippen LogP contribution is -2.26. The molecule has 6 heteroatoms. The minimum absolute atomic E-state index is 0.0801. The van der Waals surface area contributed by atoms with Crippen LogP contribution in [0.1, 0.15) is 24.8 Å². The van der Waals surface area contributed by atoms with Crippen molar-refractivity contribution in [1.82, 2.24) is 5.32 Å². The largest absolute Gasteiger partial charge is 0.491 e. The highest BCUT2D eigenvalue weighted by molar-refractivity contribution is 5.43. The van der Waals surface area contributed by atoms with E-state index in [0.717, 1.165) is 31.4 Å². The van der Waals surface area contributed by atoms with Gasteiger partial charge in [-0.05, 0) is 32.4 Å². The van der Waals surface area contributed by atoms with E-state index in [9.17, 15) is 10.1 Å². The zero-order chi connectivity index (χ0) is 14.4. The van der Waals surface area contributed by atoms with E-state index in [1.807, 2.05) is 0 Å². The number of hydrogen-bond donors (Lipinski definition) is 1. The molecule has 1 aromatic carbocycles. The van der Waals surface area contributed by atoms with Gasteiger partial charge >= 0.3 is 0 Å². The molecule has 1 atom stereocenters. The Hall–Kier alpha value is -1.66. The topological polar surface area (TPSA) is 73.6 Å². The molecule has 0 aliphatic carbocycles. The molecule has 0 aromatic heterocycles. The van der Waals surface area contributed by atoms with Crippen molar-refractivity contribution in [2.24, 2.45) is 0 Å². The fourth-order valence-electron chi connectivity index (χ4n) is 2.27. The maximum atomic E-state index is 10.8. The van der Waals surface area contributed by atoms with Gasteiger partial charge in [0, 0.05) is 30.8 Å². The van der Waals surface area contributed by atoms with Gasteiger partial charge in [0.05, 0.1) is 11.0 Å². The zero-order valence-electron chi connectivity index (χ0n) is 11.6. The summed E-state index contributed by atoms with van der Waals surface area (Å²) in [6.07, 6.45) is 3.41. The Balaban J connectivity index is 2.03. The summed E-state index contributed by atoms with van der Waals surface area (Å²) >= 11 is 0. The van der Waals surface area contributed by atoms with E-state index in [1.54, 1.807) is 19.2 Å². The van der Waals surface area contributed by atoms with E-state index < -0.39 is 4.92 Å². The van der Waals surface area contributed by atoms with Crippen molar-refractivity contribution >= 4 is 5.69 Å². The minimum atomic E-state index is -0.396. The quantitative estimate of drug-likeness (QED) is 0.639. The second-order valence-corrected chi connectivity index (χ2v) is 4.88. The number of rotatable bonds is 6. The maximum Gasteiger partial charge on any atom is 0.270 e. The molecule has 1 aliphatic rings. The molecule has 1 saturated heterocycles. The molecule has 1 aromatic rings. The summed E-state index contributed by atoms with van der Waals surface area (Å²) in [5.74, 6) is 0.680. The van der Waals surface area contributed by atoms with Crippen LogP contribution in [0.15, 0.2) is 18.2 Å². The first kappa shape index (κ1) is 14.7. The molecule has 1 aliphatic heterocycles. The molecule has 2 rings (SSSR count). The van der Waals surface area contributed by atoms with Gasteiger partial charge in [-0.25, -0.2) is 0 Å². The Morgan fingerprint density at radius 2 is 2.35 bits per heavy atom. The lowest BCUT2D eigenvalue weighted by Gasteiger charge is -2.23. The van der Waals surface area contributed by atoms with Crippen molar-refractivity contribution in [1.29, 1.82) is 0 Å². The fraction of sp³-hybridized carbons (Fsp3) is 0.571. The number of hydrogen-bond acceptors (Lipinski definition) is 5. The number of nitro groups is 1. The number of nitrogens with zero attached hydrogens (tertiary/aromatic N) is 1. The zero-order valence-corrected chi connectivity index (χ0v) is 11.6. The van der Waals surface area contributed by atoms with Gasteiger partial charge in [-0.2, -0.15) is 0 Å². The average Bonchev–Trinajstić information content (AvgIpc) is 2.47. The third-order valence-corrected chi connectivity index (χ3v) is 3.32. The van der Waals surface area contributed by atoms with Crippen LogP contribution in [0.4, 0.5) is 5.69 Å². The maximum absolute atomic E-state index is 10.8. The monoisotopic (exact) mass is 280 g/mol. The van der Waals surface area contributed by atoms with Crippen LogP contribution in [0.25, 0.3) is 0 Å². The standard InChI is InChI=1S/C14H20N2O4/c1-15-9-11-8-12(16(17)18)5-6-14(11)20-10-13-4-2-3-7-19-13/h5-6,8,13,15H,2-4,7,9-10H2,1H3. The number of nitrogens with one attached hydrogen (secondary N) is 1. The van der Waals surface area contributed by atoms with Crippen LogP contribution >= 0.6 is 0 Å². The van der Waals surface area contributed by atoms with Crippen LogP contribution in [0, 0.1) is 10.1 Å². The Morgan fingerprint density at radius 1 is 1.50 bits per heavy atom. The summed E-state index contributed by atoms with van der Waals surface area (Å²) in [4.78, 5) is 10.4. The van der Waals surface area contributed by atoms with Crippen LogP contribution in [0.3, 0.4) is 0 Å². The summed E-state index contributed by atoms with van der Waals surface area (Å²) in [6, 6.07) is 4.68. The number of benzene rings is 1. The van der Waals surface area contributed by atoms with Crippen LogP contribution in [0.2, 0.25) is 0 Å². The smallest absolute Gasteiger partial charge is 0.270 e. The highest BCUT2D eigenvalue weighted by atomic mass is 16.6. The Labute approximate surface area is 118 Å². The Morgan fingerprint density at radius 3 is 3.00 bits per heavy atom. The normalized spacial score (nSPS) is 18.8. The molecule has 1 unspecified atom stereocenters. The van der Waals surface area contributed by atoms with Crippen LogP contribution in [0.5, 0.6) is 5.75 Å². The van der Waals surface area contributed by atoms with Crippen molar-refractivity contribution in [3.05, 3.63) is 33.9 Å². The molecule has 1 N–H and O–H groups in total. The van der Waals surface area contributed by atoms with Crippen molar-refractivity contribution in [3.63, 3.8) is 0 Å². The van der Waals surface area contributed by atoms with Gasteiger partial charge in [0.1, 0.15) is 12.4 Å². The fourth-order valence-corrected chi connectivity index (χ4v) is 2.27. The number of non-ortho nitro benzene ring substituents is 1. The second-order valence-electron chi connectivity index (χ2n) is 4.88. The minimum Gasteiger partial charge on any atom is -0.491 e. The molecule has 110 valence electrons. The molecule has 0 amide bonds. The molecular formula is C14H20N2O4. The lowest BCUT2D eigenvalue weighted by molar-refractivity contribution is -0.384. The molecule has 1 heterocycles. The van der Waals surface area contributed by atoms with Crippen LogP contribution in [-0.2, 0) is 11.3 Å². The summed E-state index contributed by atoms with van der Waals surface area (Å²) in [5.41, 5.74) is 0.869. The Bertz CT molecular complexity index is 458. The lowest BCUT2D eigenvalue weighted by atomic mass is 10.1. The summed E-state index contributed by atoms with van der Waals surface area (Å²) in [5, 5.41) is 13.8. The molecular weight excluding hydrogens is 260 g/mol. The third kappa shape index (κ3) is 3.91. The highest BCUT2D eigenvalue weighted by Gasteiger charge is 2.16.